The molecule has 25 heavy (non-hydrogen) atoms. The van der Waals surface area contributed by atoms with Gasteiger partial charge < -0.3 is 14.8 Å². The summed E-state index contributed by atoms with van der Waals surface area (Å²) in [5.41, 5.74) is 2.98. The number of nitro benzene ring substituents is 1. The maximum absolute atomic E-state index is 12.4. The first kappa shape index (κ1) is 17.0. The van der Waals surface area contributed by atoms with Gasteiger partial charge in [0.25, 0.3) is 11.6 Å². The van der Waals surface area contributed by atoms with Crippen LogP contribution in [0.2, 0.25) is 0 Å². The van der Waals surface area contributed by atoms with Gasteiger partial charge in [-0.2, -0.15) is 0 Å². The zero-order chi connectivity index (χ0) is 18.0. The Morgan fingerprint density at radius 1 is 1.24 bits per heavy atom. The molecule has 1 N–H and O–H groups in total. The SMILES string of the molecule is Cc1ccc(CNC(=O)c2ccc(N3CCCC3)c([N+](=O)[O-])c2)n1C. The third-order valence-corrected chi connectivity index (χ3v) is 4.79. The van der Waals surface area contributed by atoms with Crippen LogP contribution in [0.25, 0.3) is 0 Å². The maximum atomic E-state index is 12.4. The topological polar surface area (TPSA) is 80.4 Å². The molecule has 1 amide bonds. The molecule has 0 aliphatic carbocycles. The minimum atomic E-state index is -0.412. The highest BCUT2D eigenvalue weighted by atomic mass is 16.6. The molecule has 1 fully saturated rings. The van der Waals surface area contributed by atoms with Gasteiger partial charge in [0.15, 0.2) is 0 Å². The number of benzene rings is 1. The fourth-order valence-corrected chi connectivity index (χ4v) is 3.15. The summed E-state index contributed by atoms with van der Waals surface area (Å²) < 4.78 is 2.00. The third-order valence-electron chi connectivity index (χ3n) is 4.79. The second-order valence-electron chi connectivity index (χ2n) is 6.36. The van der Waals surface area contributed by atoms with Crippen molar-refractivity contribution in [3.63, 3.8) is 0 Å². The number of nitrogens with zero attached hydrogens (tertiary/aromatic N) is 3. The van der Waals surface area contributed by atoms with E-state index < -0.39 is 4.92 Å². The van der Waals surface area contributed by atoms with Gasteiger partial charge in [-0.05, 0) is 44.0 Å². The molecule has 3 rings (SSSR count). The number of aromatic nitrogens is 1. The van der Waals surface area contributed by atoms with Gasteiger partial charge >= 0.3 is 0 Å². The number of amides is 1. The number of hydrogen-bond donors (Lipinski definition) is 1. The Bertz CT molecular complexity index is 807. The van der Waals surface area contributed by atoms with Crippen molar-refractivity contribution in [3.05, 3.63) is 57.4 Å². The van der Waals surface area contributed by atoms with E-state index in [2.05, 4.69) is 5.32 Å². The van der Waals surface area contributed by atoms with Crippen molar-refractivity contribution in [1.82, 2.24) is 9.88 Å². The molecule has 0 bridgehead atoms. The van der Waals surface area contributed by atoms with Gasteiger partial charge in [-0.3, -0.25) is 14.9 Å². The molecule has 0 atom stereocenters. The first-order valence-electron chi connectivity index (χ1n) is 8.40. The number of hydrogen-bond acceptors (Lipinski definition) is 4. The van der Waals surface area contributed by atoms with Crippen LogP contribution in [0.4, 0.5) is 11.4 Å². The van der Waals surface area contributed by atoms with Crippen molar-refractivity contribution >= 4 is 17.3 Å². The standard InChI is InChI=1S/C18H22N4O3/c1-13-5-7-15(20(13)2)12-19-18(23)14-6-8-16(17(11-14)22(24)25)21-9-3-4-10-21/h5-8,11H,3-4,9-10,12H2,1-2H3,(H,19,23). The number of rotatable bonds is 5. The molecule has 1 aromatic heterocycles. The highest BCUT2D eigenvalue weighted by molar-refractivity contribution is 5.95. The molecular formula is C18H22N4O3. The van der Waals surface area contributed by atoms with Crippen molar-refractivity contribution in [2.45, 2.75) is 26.3 Å². The Balaban J connectivity index is 1.77. The normalized spacial score (nSPS) is 13.9. The number of anilines is 1. The Hall–Kier alpha value is -2.83. The molecule has 1 saturated heterocycles. The van der Waals surface area contributed by atoms with Crippen molar-refractivity contribution in [2.75, 3.05) is 18.0 Å². The van der Waals surface area contributed by atoms with E-state index in [1.54, 1.807) is 12.1 Å². The van der Waals surface area contributed by atoms with E-state index in [-0.39, 0.29) is 11.6 Å². The smallest absolute Gasteiger partial charge is 0.293 e. The predicted molar refractivity (Wildman–Crippen MR) is 95.9 cm³/mol. The lowest BCUT2D eigenvalue weighted by Crippen LogP contribution is -2.24. The van der Waals surface area contributed by atoms with E-state index in [1.165, 1.54) is 6.07 Å². The highest BCUT2D eigenvalue weighted by Crippen LogP contribution is 2.31. The fraction of sp³-hybridized carbons (Fsp3) is 0.389. The van der Waals surface area contributed by atoms with Crippen LogP contribution in [-0.4, -0.2) is 28.5 Å². The lowest BCUT2D eigenvalue weighted by atomic mass is 10.1. The summed E-state index contributed by atoms with van der Waals surface area (Å²) in [6.45, 7) is 4.01. The molecule has 7 nitrogen and oxygen atoms in total. The summed E-state index contributed by atoms with van der Waals surface area (Å²) in [6.07, 6.45) is 2.07. The Morgan fingerprint density at radius 3 is 2.56 bits per heavy atom. The van der Waals surface area contributed by atoms with Gasteiger partial charge in [0.1, 0.15) is 5.69 Å². The van der Waals surface area contributed by atoms with Gasteiger partial charge in [-0.25, -0.2) is 0 Å². The number of nitro groups is 1. The van der Waals surface area contributed by atoms with Crippen molar-refractivity contribution < 1.29 is 9.72 Å². The second-order valence-corrected chi connectivity index (χ2v) is 6.36. The molecular weight excluding hydrogens is 320 g/mol. The maximum Gasteiger partial charge on any atom is 0.293 e. The first-order valence-corrected chi connectivity index (χ1v) is 8.40. The van der Waals surface area contributed by atoms with E-state index in [0.29, 0.717) is 17.8 Å². The summed E-state index contributed by atoms with van der Waals surface area (Å²) in [5, 5.41) is 14.3. The first-order chi connectivity index (χ1) is 12.0. The van der Waals surface area contributed by atoms with Crippen LogP contribution in [0.1, 0.15) is 34.6 Å². The van der Waals surface area contributed by atoms with Crippen LogP contribution in [0, 0.1) is 17.0 Å². The Morgan fingerprint density at radius 2 is 1.96 bits per heavy atom. The van der Waals surface area contributed by atoms with Crippen LogP contribution in [0.5, 0.6) is 0 Å². The molecule has 2 aromatic rings. The van der Waals surface area contributed by atoms with Gasteiger partial charge in [-0.15, -0.1) is 0 Å². The van der Waals surface area contributed by atoms with Crippen LogP contribution >= 0.6 is 0 Å². The molecule has 0 saturated carbocycles. The summed E-state index contributed by atoms with van der Waals surface area (Å²) in [6, 6.07) is 8.65. The van der Waals surface area contributed by atoms with Gasteiger partial charge in [0, 0.05) is 43.2 Å². The van der Waals surface area contributed by atoms with Crippen LogP contribution in [-0.2, 0) is 13.6 Å². The number of carbonyl (C=O) groups is 1. The number of aryl methyl sites for hydroxylation is 1. The zero-order valence-electron chi connectivity index (χ0n) is 14.5. The monoisotopic (exact) mass is 342 g/mol. The molecule has 0 spiro atoms. The lowest BCUT2D eigenvalue weighted by molar-refractivity contribution is -0.384. The summed E-state index contributed by atoms with van der Waals surface area (Å²) in [7, 11) is 1.94. The zero-order valence-corrected chi connectivity index (χ0v) is 14.5. The minimum absolute atomic E-state index is 0.00994. The van der Waals surface area contributed by atoms with Crippen molar-refractivity contribution in [2.24, 2.45) is 7.05 Å². The summed E-state index contributed by atoms with van der Waals surface area (Å²) in [5.74, 6) is -0.310. The van der Waals surface area contributed by atoms with E-state index in [0.717, 1.165) is 37.3 Å². The van der Waals surface area contributed by atoms with E-state index in [4.69, 9.17) is 0 Å². The third kappa shape index (κ3) is 3.50. The minimum Gasteiger partial charge on any atom is -0.366 e. The Kier molecular flexibility index (Phi) is 4.74. The molecule has 1 aromatic carbocycles. The van der Waals surface area contributed by atoms with Crippen LogP contribution in [0.3, 0.4) is 0 Å². The lowest BCUT2D eigenvalue weighted by Gasteiger charge is -2.17. The van der Waals surface area contributed by atoms with E-state index >= 15 is 0 Å². The van der Waals surface area contributed by atoms with Crippen LogP contribution in [0.15, 0.2) is 30.3 Å². The second kappa shape index (κ2) is 6.96. The molecule has 7 heteroatoms. The largest absolute Gasteiger partial charge is 0.366 e. The summed E-state index contributed by atoms with van der Waals surface area (Å²) in [4.78, 5) is 25.4. The average molecular weight is 342 g/mol. The molecule has 0 unspecified atom stereocenters. The van der Waals surface area contributed by atoms with Gasteiger partial charge in [0.2, 0.25) is 0 Å². The molecule has 0 radical (unpaired) electrons. The van der Waals surface area contributed by atoms with Crippen molar-refractivity contribution in [3.8, 4) is 0 Å². The summed E-state index contributed by atoms with van der Waals surface area (Å²) >= 11 is 0. The molecule has 1 aliphatic heterocycles. The highest BCUT2D eigenvalue weighted by Gasteiger charge is 2.23. The predicted octanol–water partition coefficient (Wildman–Crippen LogP) is 2.77. The molecule has 132 valence electrons. The molecule has 1 aliphatic rings. The molecule has 2 heterocycles. The van der Waals surface area contributed by atoms with Crippen molar-refractivity contribution in [1.29, 1.82) is 0 Å². The van der Waals surface area contributed by atoms with Gasteiger partial charge in [0.05, 0.1) is 11.5 Å². The fourth-order valence-electron chi connectivity index (χ4n) is 3.15. The van der Waals surface area contributed by atoms with Crippen LogP contribution < -0.4 is 10.2 Å². The Labute approximate surface area is 146 Å². The average Bonchev–Trinajstić information content (AvgIpc) is 3.24. The van der Waals surface area contributed by atoms with Gasteiger partial charge in [-0.1, -0.05) is 0 Å². The number of nitrogens with one attached hydrogen (secondary N) is 1. The quantitative estimate of drug-likeness (QED) is 0.669. The van der Waals surface area contributed by atoms with E-state index in [1.807, 2.05) is 35.6 Å². The van der Waals surface area contributed by atoms with E-state index in [9.17, 15) is 14.9 Å². The number of carbonyl (C=O) groups excluding carboxylic acids is 1.